The van der Waals surface area contributed by atoms with Crippen LogP contribution in [0.4, 0.5) is 11.4 Å². The molecule has 1 heterocycles. The molecule has 0 bridgehead atoms. The molecule has 0 aliphatic heterocycles. The molecule has 0 saturated heterocycles. The zero-order valence-corrected chi connectivity index (χ0v) is 12.3. The summed E-state index contributed by atoms with van der Waals surface area (Å²) in [6, 6.07) is 7.24. The second kappa shape index (κ2) is 5.40. The fourth-order valence-electron chi connectivity index (χ4n) is 1.84. The predicted molar refractivity (Wildman–Crippen MR) is 81.5 cm³/mol. The van der Waals surface area contributed by atoms with Crippen LogP contribution in [-0.2, 0) is 7.05 Å². The van der Waals surface area contributed by atoms with Crippen molar-refractivity contribution in [2.45, 2.75) is 6.92 Å². The number of hydrogen-bond donors (Lipinski definition) is 1. The molecule has 0 fully saturated rings. The summed E-state index contributed by atoms with van der Waals surface area (Å²) in [5.74, 6) is 0. The van der Waals surface area contributed by atoms with Gasteiger partial charge in [-0.1, -0.05) is 0 Å². The molecular weight excluding hydrogens is 306 g/mol. The lowest BCUT2D eigenvalue weighted by molar-refractivity contribution is 0.112. The molecule has 98 valence electrons. The molecule has 0 unspecified atom stereocenters. The number of rotatable bonds is 3. The van der Waals surface area contributed by atoms with Crippen LogP contribution in [-0.4, -0.2) is 15.5 Å². The molecule has 0 saturated carbocycles. The fraction of sp³-hybridized carbons (Fsp3) is 0.143. The van der Waals surface area contributed by atoms with Crippen molar-refractivity contribution in [2.75, 3.05) is 5.73 Å². The second-order valence-corrected chi connectivity index (χ2v) is 5.09. The van der Waals surface area contributed by atoms with Gasteiger partial charge in [0, 0.05) is 18.8 Å². The number of carbonyl (C=O) groups is 1. The largest absolute Gasteiger partial charge is 0.397 e. The first kappa shape index (κ1) is 13.5. The van der Waals surface area contributed by atoms with Crippen molar-refractivity contribution in [2.24, 2.45) is 12.0 Å². The number of aromatic nitrogens is 1. The third-order valence-corrected chi connectivity index (χ3v) is 3.40. The highest BCUT2D eigenvalue weighted by Crippen LogP contribution is 2.23. The molecule has 2 rings (SSSR count). The molecule has 19 heavy (non-hydrogen) atoms. The van der Waals surface area contributed by atoms with Crippen molar-refractivity contribution < 1.29 is 4.79 Å². The van der Waals surface area contributed by atoms with Gasteiger partial charge in [0.15, 0.2) is 0 Å². The summed E-state index contributed by atoms with van der Waals surface area (Å²) in [5, 5.41) is 0. The predicted octanol–water partition coefficient (Wildman–Crippen LogP) is 3.20. The van der Waals surface area contributed by atoms with Crippen LogP contribution in [0.15, 0.2) is 35.5 Å². The molecule has 0 spiro atoms. The average molecular weight is 320 g/mol. The number of halogens is 1. The van der Waals surface area contributed by atoms with Gasteiger partial charge in [-0.3, -0.25) is 4.79 Å². The quantitative estimate of drug-likeness (QED) is 0.697. The number of nitrogens with two attached hydrogens (primary N) is 1. The Balaban J connectivity index is 2.40. The van der Waals surface area contributed by atoms with Crippen molar-refractivity contribution in [3.63, 3.8) is 0 Å². The summed E-state index contributed by atoms with van der Waals surface area (Å²) in [6.45, 7) is 1.92. The molecule has 4 nitrogen and oxygen atoms in total. The third kappa shape index (κ3) is 2.93. The van der Waals surface area contributed by atoms with Gasteiger partial charge in [0.1, 0.15) is 10.9 Å². The van der Waals surface area contributed by atoms with Crippen molar-refractivity contribution in [3.8, 4) is 0 Å². The van der Waals surface area contributed by atoms with E-state index in [2.05, 4.69) is 20.9 Å². The fourth-order valence-corrected chi connectivity index (χ4v) is 2.42. The zero-order valence-electron chi connectivity index (χ0n) is 10.7. The van der Waals surface area contributed by atoms with E-state index < -0.39 is 0 Å². The van der Waals surface area contributed by atoms with Crippen molar-refractivity contribution in [3.05, 3.63) is 47.3 Å². The SMILES string of the molecule is Cc1cc(C=O)ccc1N=C(Br)c1cc(N)cn1C. The number of aldehydes is 1. The Labute approximate surface area is 120 Å². The highest BCUT2D eigenvalue weighted by Gasteiger charge is 2.07. The maximum absolute atomic E-state index is 10.7. The van der Waals surface area contributed by atoms with Crippen LogP contribution in [0.25, 0.3) is 0 Å². The lowest BCUT2D eigenvalue weighted by Gasteiger charge is -2.04. The summed E-state index contributed by atoms with van der Waals surface area (Å²) < 4.78 is 2.60. The third-order valence-electron chi connectivity index (χ3n) is 2.81. The number of carbonyl (C=O) groups excluding carboxylic acids is 1. The molecule has 5 heteroatoms. The topological polar surface area (TPSA) is 60.4 Å². The maximum Gasteiger partial charge on any atom is 0.150 e. The highest BCUT2D eigenvalue weighted by atomic mass is 79.9. The van der Waals surface area contributed by atoms with Gasteiger partial charge in [0.2, 0.25) is 0 Å². The molecule has 2 aromatic rings. The standard InChI is InChI=1S/C14H14BrN3O/c1-9-5-10(8-19)3-4-12(9)17-14(15)13-6-11(16)7-18(13)2/h3-8H,16H2,1-2H3. The van der Waals surface area contributed by atoms with Gasteiger partial charge in [0.05, 0.1) is 17.1 Å². The van der Waals surface area contributed by atoms with Gasteiger partial charge in [0.25, 0.3) is 0 Å². The molecule has 2 N–H and O–H groups in total. The van der Waals surface area contributed by atoms with Crippen LogP contribution in [0.3, 0.4) is 0 Å². The zero-order chi connectivity index (χ0) is 14.0. The summed E-state index contributed by atoms with van der Waals surface area (Å²) in [5.41, 5.74) is 9.75. The van der Waals surface area contributed by atoms with E-state index in [1.165, 1.54) is 0 Å². The molecule has 0 atom stereocenters. The van der Waals surface area contributed by atoms with Gasteiger partial charge in [-0.05, 0) is 52.7 Å². The monoisotopic (exact) mass is 319 g/mol. The summed E-state index contributed by atoms with van der Waals surface area (Å²) in [7, 11) is 1.91. The maximum atomic E-state index is 10.7. The Morgan fingerprint density at radius 3 is 2.68 bits per heavy atom. The molecule has 1 aromatic heterocycles. The van der Waals surface area contributed by atoms with E-state index in [1.807, 2.05) is 42.9 Å². The molecule has 0 aliphatic rings. The molecular formula is C14H14BrN3O. The number of benzene rings is 1. The van der Waals surface area contributed by atoms with Gasteiger partial charge >= 0.3 is 0 Å². The molecule has 1 aromatic carbocycles. The summed E-state index contributed by atoms with van der Waals surface area (Å²) in [4.78, 5) is 15.2. The van der Waals surface area contributed by atoms with Crippen LogP contribution < -0.4 is 5.73 Å². The van der Waals surface area contributed by atoms with Crippen LogP contribution in [0.1, 0.15) is 21.6 Å². The average Bonchev–Trinajstić information content (AvgIpc) is 2.71. The Morgan fingerprint density at radius 1 is 1.42 bits per heavy atom. The minimum absolute atomic E-state index is 0.649. The van der Waals surface area contributed by atoms with E-state index >= 15 is 0 Å². The number of aryl methyl sites for hydroxylation is 2. The van der Waals surface area contributed by atoms with Crippen molar-refractivity contribution >= 4 is 38.2 Å². The van der Waals surface area contributed by atoms with Gasteiger partial charge in [-0.2, -0.15) is 0 Å². The molecule has 0 amide bonds. The Morgan fingerprint density at radius 2 is 2.16 bits per heavy atom. The first-order valence-electron chi connectivity index (χ1n) is 5.73. The summed E-state index contributed by atoms with van der Waals surface area (Å²) >= 11 is 3.46. The lowest BCUT2D eigenvalue weighted by atomic mass is 10.1. The number of aliphatic imine (C=N–C) groups is 1. The van der Waals surface area contributed by atoms with E-state index in [4.69, 9.17) is 5.73 Å². The van der Waals surface area contributed by atoms with E-state index in [1.54, 1.807) is 6.07 Å². The van der Waals surface area contributed by atoms with E-state index in [-0.39, 0.29) is 0 Å². The highest BCUT2D eigenvalue weighted by molar-refractivity contribution is 9.18. The van der Waals surface area contributed by atoms with Gasteiger partial charge < -0.3 is 10.3 Å². The minimum Gasteiger partial charge on any atom is -0.397 e. The van der Waals surface area contributed by atoms with Crippen LogP contribution in [0.2, 0.25) is 0 Å². The Bertz CT molecular complexity index is 659. The van der Waals surface area contributed by atoms with E-state index in [0.717, 1.165) is 23.2 Å². The summed E-state index contributed by atoms with van der Waals surface area (Å²) in [6.07, 6.45) is 2.65. The second-order valence-electron chi connectivity index (χ2n) is 4.34. The first-order chi connectivity index (χ1) is 9.01. The van der Waals surface area contributed by atoms with Crippen LogP contribution in [0, 0.1) is 6.92 Å². The minimum atomic E-state index is 0.649. The molecule has 0 aliphatic carbocycles. The van der Waals surface area contributed by atoms with Gasteiger partial charge in [-0.25, -0.2) is 4.99 Å². The van der Waals surface area contributed by atoms with E-state index in [9.17, 15) is 4.79 Å². The van der Waals surface area contributed by atoms with Crippen molar-refractivity contribution in [1.82, 2.24) is 4.57 Å². The van der Waals surface area contributed by atoms with E-state index in [0.29, 0.717) is 15.9 Å². The van der Waals surface area contributed by atoms with Gasteiger partial charge in [-0.15, -0.1) is 0 Å². The number of nitrogens with zero attached hydrogens (tertiary/aromatic N) is 2. The van der Waals surface area contributed by atoms with Crippen LogP contribution in [0.5, 0.6) is 0 Å². The first-order valence-corrected chi connectivity index (χ1v) is 6.53. The number of anilines is 1. The van der Waals surface area contributed by atoms with Crippen LogP contribution >= 0.6 is 15.9 Å². The smallest absolute Gasteiger partial charge is 0.150 e. The normalized spacial score (nSPS) is 11.6. The lowest BCUT2D eigenvalue weighted by Crippen LogP contribution is -1.98. The number of nitrogen functional groups attached to an aromatic ring is 1. The molecule has 0 radical (unpaired) electrons. The Kier molecular flexibility index (Phi) is 3.85. The van der Waals surface area contributed by atoms with Crippen molar-refractivity contribution in [1.29, 1.82) is 0 Å². The Hall–Kier alpha value is -1.88. The number of hydrogen-bond acceptors (Lipinski definition) is 3.